The van der Waals surface area contributed by atoms with Gasteiger partial charge in [0.1, 0.15) is 0 Å². The molecule has 110 valence electrons. The molecule has 0 bridgehead atoms. The van der Waals surface area contributed by atoms with E-state index in [-0.39, 0.29) is 18.1 Å². The van der Waals surface area contributed by atoms with Crippen LogP contribution in [0, 0.1) is 11.8 Å². The Morgan fingerprint density at radius 2 is 2.16 bits per heavy atom. The monoisotopic (exact) mass is 268 g/mol. The van der Waals surface area contributed by atoms with Gasteiger partial charge in [0, 0.05) is 32.1 Å². The normalized spacial score (nSPS) is 37.5. The van der Waals surface area contributed by atoms with Gasteiger partial charge in [0.05, 0.1) is 6.10 Å². The van der Waals surface area contributed by atoms with Gasteiger partial charge in [-0.1, -0.05) is 13.8 Å². The highest BCUT2D eigenvalue weighted by atomic mass is 16.3. The van der Waals surface area contributed by atoms with E-state index in [0.717, 1.165) is 31.8 Å². The van der Waals surface area contributed by atoms with Gasteiger partial charge in [0.15, 0.2) is 0 Å². The minimum absolute atomic E-state index is 0.0400. The van der Waals surface area contributed by atoms with E-state index in [2.05, 4.69) is 17.1 Å². The highest BCUT2D eigenvalue weighted by molar-refractivity contribution is 5.73. The first-order valence-corrected chi connectivity index (χ1v) is 7.70. The van der Waals surface area contributed by atoms with Crippen LogP contribution in [0.15, 0.2) is 0 Å². The minimum Gasteiger partial charge on any atom is -0.393 e. The maximum atomic E-state index is 11.3. The number of amides is 1. The molecule has 2 fully saturated rings. The first-order valence-electron chi connectivity index (χ1n) is 7.70. The van der Waals surface area contributed by atoms with Crippen molar-refractivity contribution in [3.63, 3.8) is 0 Å². The van der Waals surface area contributed by atoms with Gasteiger partial charge in [-0.25, -0.2) is 0 Å². The van der Waals surface area contributed by atoms with Gasteiger partial charge in [0.25, 0.3) is 0 Å². The topological polar surface area (TPSA) is 52.6 Å². The molecule has 0 spiro atoms. The fourth-order valence-electron chi connectivity index (χ4n) is 3.64. The van der Waals surface area contributed by atoms with Gasteiger partial charge in [-0.15, -0.1) is 0 Å². The Balaban J connectivity index is 2.00. The van der Waals surface area contributed by atoms with E-state index in [9.17, 15) is 9.90 Å². The molecular formula is C15H28N2O2. The lowest BCUT2D eigenvalue weighted by molar-refractivity contribution is -0.120. The van der Waals surface area contributed by atoms with Gasteiger partial charge < -0.3 is 10.4 Å². The van der Waals surface area contributed by atoms with Crippen molar-refractivity contribution in [2.45, 2.75) is 64.6 Å². The molecule has 19 heavy (non-hydrogen) atoms. The van der Waals surface area contributed by atoms with Gasteiger partial charge in [-0.2, -0.15) is 0 Å². The highest BCUT2D eigenvalue weighted by Crippen LogP contribution is 2.35. The van der Waals surface area contributed by atoms with E-state index in [1.165, 1.54) is 12.8 Å². The lowest BCUT2D eigenvalue weighted by Gasteiger charge is -2.49. The molecule has 1 saturated carbocycles. The molecule has 1 heterocycles. The lowest BCUT2D eigenvalue weighted by atomic mass is 9.77. The summed E-state index contributed by atoms with van der Waals surface area (Å²) >= 11 is 0. The predicted molar refractivity (Wildman–Crippen MR) is 75.8 cm³/mol. The Hall–Kier alpha value is -0.610. The molecule has 4 nitrogen and oxygen atoms in total. The van der Waals surface area contributed by atoms with Gasteiger partial charge in [-0.3, -0.25) is 9.69 Å². The SMILES string of the molecule is CCC(O)C1CC(NC(C)=O)CN(C2CCC2C)C1. The second-order valence-electron chi connectivity index (χ2n) is 6.44. The van der Waals surface area contributed by atoms with Crippen LogP contribution < -0.4 is 5.32 Å². The van der Waals surface area contributed by atoms with Crippen molar-refractivity contribution in [2.75, 3.05) is 13.1 Å². The lowest BCUT2D eigenvalue weighted by Crippen LogP contribution is -2.58. The molecule has 0 radical (unpaired) electrons. The number of piperidine rings is 1. The average Bonchev–Trinajstić information content (AvgIpc) is 2.34. The maximum Gasteiger partial charge on any atom is 0.217 e. The van der Waals surface area contributed by atoms with Crippen LogP contribution in [-0.2, 0) is 4.79 Å². The zero-order chi connectivity index (χ0) is 14.0. The zero-order valence-electron chi connectivity index (χ0n) is 12.4. The smallest absolute Gasteiger partial charge is 0.217 e. The fraction of sp³-hybridized carbons (Fsp3) is 0.933. The summed E-state index contributed by atoms with van der Waals surface area (Å²) in [6.07, 6.45) is 4.04. The standard InChI is InChI=1S/C15H28N2O2/c1-4-15(19)12-7-13(16-11(3)18)9-17(8-12)14-6-5-10(14)2/h10,12-15,19H,4-9H2,1-3H3,(H,16,18). The predicted octanol–water partition coefficient (Wildman–Crippen LogP) is 1.38. The highest BCUT2D eigenvalue weighted by Gasteiger charge is 2.39. The summed E-state index contributed by atoms with van der Waals surface area (Å²) in [5, 5.41) is 13.2. The molecule has 2 N–H and O–H groups in total. The first kappa shape index (κ1) is 14.8. The first-order chi connectivity index (χ1) is 9.01. The third kappa shape index (κ3) is 3.48. The van der Waals surface area contributed by atoms with Crippen molar-refractivity contribution in [3.05, 3.63) is 0 Å². The molecule has 1 aliphatic heterocycles. The molecular weight excluding hydrogens is 240 g/mol. The quantitative estimate of drug-likeness (QED) is 0.810. The molecule has 0 aromatic heterocycles. The Kier molecular flexibility index (Phi) is 4.85. The third-order valence-corrected chi connectivity index (χ3v) is 4.92. The number of hydrogen-bond acceptors (Lipinski definition) is 3. The second-order valence-corrected chi connectivity index (χ2v) is 6.44. The van der Waals surface area contributed by atoms with Gasteiger partial charge in [0.2, 0.25) is 5.91 Å². The van der Waals surface area contributed by atoms with Crippen LogP contribution in [0.4, 0.5) is 0 Å². The zero-order valence-corrected chi connectivity index (χ0v) is 12.4. The van der Waals surface area contributed by atoms with Crippen molar-refractivity contribution < 1.29 is 9.90 Å². The van der Waals surface area contributed by atoms with Crippen LogP contribution in [0.5, 0.6) is 0 Å². The van der Waals surface area contributed by atoms with Crippen molar-refractivity contribution in [2.24, 2.45) is 11.8 Å². The summed E-state index contributed by atoms with van der Waals surface area (Å²) in [6.45, 7) is 7.85. The van der Waals surface area contributed by atoms with Crippen LogP contribution in [0.3, 0.4) is 0 Å². The van der Waals surface area contributed by atoms with E-state index < -0.39 is 0 Å². The maximum absolute atomic E-state index is 11.3. The summed E-state index contributed by atoms with van der Waals surface area (Å²) in [4.78, 5) is 13.8. The van der Waals surface area contributed by atoms with E-state index in [4.69, 9.17) is 0 Å². The number of aliphatic hydroxyl groups excluding tert-OH is 1. The molecule has 2 aliphatic rings. The van der Waals surface area contributed by atoms with E-state index in [0.29, 0.717) is 12.0 Å². The molecule has 5 atom stereocenters. The average molecular weight is 268 g/mol. The van der Waals surface area contributed by atoms with Gasteiger partial charge in [-0.05, 0) is 37.5 Å². The molecule has 0 aromatic rings. The Morgan fingerprint density at radius 3 is 2.63 bits per heavy atom. The molecule has 5 unspecified atom stereocenters. The third-order valence-electron chi connectivity index (χ3n) is 4.92. The summed E-state index contributed by atoms with van der Waals surface area (Å²) in [6, 6.07) is 0.855. The number of rotatable bonds is 4. The van der Waals surface area contributed by atoms with Crippen LogP contribution in [0.2, 0.25) is 0 Å². The van der Waals surface area contributed by atoms with Crippen LogP contribution >= 0.6 is 0 Å². The number of hydrogen-bond donors (Lipinski definition) is 2. The Morgan fingerprint density at radius 1 is 1.42 bits per heavy atom. The van der Waals surface area contributed by atoms with Crippen molar-refractivity contribution >= 4 is 5.91 Å². The van der Waals surface area contributed by atoms with Crippen LogP contribution in [-0.4, -0.2) is 47.2 Å². The molecule has 0 aromatic carbocycles. The van der Waals surface area contributed by atoms with E-state index in [1.54, 1.807) is 6.92 Å². The minimum atomic E-state index is -0.241. The number of aliphatic hydroxyl groups is 1. The number of likely N-dealkylation sites (tertiary alicyclic amines) is 1. The van der Waals surface area contributed by atoms with E-state index in [1.807, 2.05) is 6.92 Å². The van der Waals surface area contributed by atoms with Crippen molar-refractivity contribution in [3.8, 4) is 0 Å². The molecule has 1 amide bonds. The molecule has 2 rings (SSSR count). The summed E-state index contributed by atoms with van der Waals surface area (Å²) in [5.74, 6) is 1.09. The number of carbonyl (C=O) groups is 1. The van der Waals surface area contributed by atoms with Crippen molar-refractivity contribution in [1.29, 1.82) is 0 Å². The second kappa shape index (κ2) is 6.23. The van der Waals surface area contributed by atoms with Crippen molar-refractivity contribution in [1.82, 2.24) is 10.2 Å². The fourth-order valence-corrected chi connectivity index (χ4v) is 3.64. The van der Waals surface area contributed by atoms with Crippen LogP contribution in [0.1, 0.15) is 46.5 Å². The summed E-state index contributed by atoms with van der Waals surface area (Å²) in [5.41, 5.74) is 0. The van der Waals surface area contributed by atoms with E-state index >= 15 is 0 Å². The molecule has 1 aliphatic carbocycles. The summed E-state index contributed by atoms with van der Waals surface area (Å²) in [7, 11) is 0. The Labute approximate surface area is 116 Å². The van der Waals surface area contributed by atoms with Gasteiger partial charge >= 0.3 is 0 Å². The van der Waals surface area contributed by atoms with Crippen LogP contribution in [0.25, 0.3) is 0 Å². The number of nitrogens with one attached hydrogen (secondary N) is 1. The Bertz CT molecular complexity index is 321. The molecule has 4 heteroatoms. The molecule has 1 saturated heterocycles. The number of nitrogens with zero attached hydrogens (tertiary/aromatic N) is 1. The summed E-state index contributed by atoms with van der Waals surface area (Å²) < 4.78 is 0. The largest absolute Gasteiger partial charge is 0.393 e. The number of carbonyl (C=O) groups excluding carboxylic acids is 1.